The maximum absolute atomic E-state index is 4.03. The van der Waals surface area contributed by atoms with Gasteiger partial charge >= 0.3 is 0 Å². The molecule has 0 saturated heterocycles. The molecule has 0 spiro atoms. The summed E-state index contributed by atoms with van der Waals surface area (Å²) in [5.41, 5.74) is 1.26. The Morgan fingerprint density at radius 2 is 2.60 bits per heavy atom. The lowest BCUT2D eigenvalue weighted by Gasteiger charge is -2.21. The van der Waals surface area contributed by atoms with Crippen LogP contribution in [0, 0.1) is 0 Å². The van der Waals surface area contributed by atoms with Crippen molar-refractivity contribution in [1.29, 1.82) is 0 Å². The quantitative estimate of drug-likeness (QED) is 0.512. The summed E-state index contributed by atoms with van der Waals surface area (Å²) < 4.78 is 0. The normalized spacial score (nSPS) is 28.8. The molecule has 51 valence electrons. The molecule has 0 aromatic rings. The molecule has 0 aromatic carbocycles. The highest BCUT2D eigenvalue weighted by Crippen LogP contribution is 2.11. The summed E-state index contributed by atoms with van der Waals surface area (Å²) in [7, 11) is 0. The Morgan fingerprint density at radius 1 is 1.60 bits per heavy atom. The SMILES string of the molecule is C1=CC2=C[N]C=CC2NC1. The Kier molecular flexibility index (Phi) is 1.32. The molecule has 2 aliphatic heterocycles. The first-order valence-corrected chi connectivity index (χ1v) is 3.43. The zero-order chi connectivity index (χ0) is 6.81. The molecule has 0 saturated carbocycles. The van der Waals surface area contributed by atoms with Crippen molar-refractivity contribution < 1.29 is 0 Å². The topological polar surface area (TPSA) is 26.1 Å². The molecule has 1 atom stereocenters. The van der Waals surface area contributed by atoms with E-state index in [0.717, 1.165) is 6.54 Å². The Bertz CT molecular complexity index is 213. The molecule has 0 amide bonds. The van der Waals surface area contributed by atoms with E-state index in [2.05, 4.69) is 28.9 Å². The Balaban J connectivity index is 2.26. The Hall–Kier alpha value is -1.02. The molecule has 2 rings (SSSR count). The molecule has 1 N–H and O–H groups in total. The minimum absolute atomic E-state index is 0.405. The Morgan fingerprint density at radius 3 is 3.50 bits per heavy atom. The van der Waals surface area contributed by atoms with Gasteiger partial charge in [0.1, 0.15) is 0 Å². The van der Waals surface area contributed by atoms with Crippen molar-refractivity contribution in [3.63, 3.8) is 0 Å². The standard InChI is InChI=1S/C8H9N2/c1-2-7-6-9-5-3-8(7)10-4-1/h1-3,5-6,8,10H,4H2. The number of rotatable bonds is 0. The Labute approximate surface area is 60.3 Å². The average Bonchev–Trinajstić information content (AvgIpc) is 2.05. The largest absolute Gasteiger partial charge is 0.303 e. The fourth-order valence-electron chi connectivity index (χ4n) is 1.18. The molecule has 2 heterocycles. The third kappa shape index (κ3) is 0.866. The van der Waals surface area contributed by atoms with Crippen LogP contribution in [0.3, 0.4) is 0 Å². The number of nitrogens with zero attached hydrogens (tertiary/aromatic N) is 1. The lowest BCUT2D eigenvalue weighted by molar-refractivity contribution is 0.683. The molecule has 0 bridgehead atoms. The summed E-state index contributed by atoms with van der Waals surface area (Å²) in [6, 6.07) is 0.405. The van der Waals surface area contributed by atoms with Crippen LogP contribution in [0.2, 0.25) is 0 Å². The third-order valence-electron chi connectivity index (χ3n) is 1.71. The van der Waals surface area contributed by atoms with Gasteiger partial charge in [0.05, 0.1) is 6.04 Å². The molecular formula is C8H9N2. The van der Waals surface area contributed by atoms with Gasteiger partial charge < -0.3 is 5.32 Å². The molecule has 0 aliphatic carbocycles. The molecular weight excluding hydrogens is 124 g/mol. The summed E-state index contributed by atoms with van der Waals surface area (Å²) in [5.74, 6) is 0. The van der Waals surface area contributed by atoms with Gasteiger partial charge in [-0.05, 0) is 11.6 Å². The second kappa shape index (κ2) is 2.31. The van der Waals surface area contributed by atoms with E-state index >= 15 is 0 Å². The van der Waals surface area contributed by atoms with Crippen molar-refractivity contribution in [2.45, 2.75) is 6.04 Å². The van der Waals surface area contributed by atoms with Crippen molar-refractivity contribution in [3.05, 3.63) is 36.2 Å². The van der Waals surface area contributed by atoms with Crippen LogP contribution in [-0.2, 0) is 0 Å². The van der Waals surface area contributed by atoms with Gasteiger partial charge in [-0.15, -0.1) is 0 Å². The van der Waals surface area contributed by atoms with E-state index in [1.807, 2.05) is 12.4 Å². The second-order valence-electron chi connectivity index (χ2n) is 2.41. The smallest absolute Gasteiger partial charge is 0.0541 e. The molecule has 2 nitrogen and oxygen atoms in total. The summed E-state index contributed by atoms with van der Waals surface area (Å²) in [6.07, 6.45) is 10.0. The van der Waals surface area contributed by atoms with E-state index in [-0.39, 0.29) is 0 Å². The molecule has 10 heavy (non-hydrogen) atoms. The first-order valence-electron chi connectivity index (χ1n) is 3.43. The van der Waals surface area contributed by atoms with Crippen LogP contribution >= 0.6 is 0 Å². The van der Waals surface area contributed by atoms with Crippen LogP contribution in [0.5, 0.6) is 0 Å². The number of fused-ring (bicyclic) bond motifs is 1. The molecule has 1 radical (unpaired) electrons. The van der Waals surface area contributed by atoms with E-state index in [4.69, 9.17) is 0 Å². The van der Waals surface area contributed by atoms with Crippen LogP contribution in [0.4, 0.5) is 0 Å². The highest BCUT2D eigenvalue weighted by molar-refractivity contribution is 5.34. The first-order chi connectivity index (χ1) is 4.97. The van der Waals surface area contributed by atoms with Crippen LogP contribution in [0.15, 0.2) is 36.2 Å². The van der Waals surface area contributed by atoms with Crippen LogP contribution in [-0.4, -0.2) is 12.6 Å². The van der Waals surface area contributed by atoms with Crippen LogP contribution < -0.4 is 10.6 Å². The van der Waals surface area contributed by atoms with Gasteiger partial charge in [-0.1, -0.05) is 12.2 Å². The maximum Gasteiger partial charge on any atom is 0.0541 e. The zero-order valence-electron chi connectivity index (χ0n) is 5.62. The van der Waals surface area contributed by atoms with E-state index < -0.39 is 0 Å². The van der Waals surface area contributed by atoms with E-state index in [9.17, 15) is 0 Å². The van der Waals surface area contributed by atoms with Crippen molar-refractivity contribution in [3.8, 4) is 0 Å². The van der Waals surface area contributed by atoms with Gasteiger partial charge in [-0.3, -0.25) is 5.32 Å². The average molecular weight is 133 g/mol. The van der Waals surface area contributed by atoms with Gasteiger partial charge in [0.2, 0.25) is 0 Å². The van der Waals surface area contributed by atoms with Crippen molar-refractivity contribution in [1.82, 2.24) is 10.6 Å². The monoisotopic (exact) mass is 133 g/mol. The first kappa shape index (κ1) is 5.74. The van der Waals surface area contributed by atoms with E-state index in [1.165, 1.54) is 5.57 Å². The van der Waals surface area contributed by atoms with Gasteiger partial charge in [-0.25, -0.2) is 0 Å². The molecule has 2 heteroatoms. The predicted molar refractivity (Wildman–Crippen MR) is 40.3 cm³/mol. The van der Waals surface area contributed by atoms with Gasteiger partial charge in [0.25, 0.3) is 0 Å². The summed E-state index contributed by atoms with van der Waals surface area (Å²) >= 11 is 0. The van der Waals surface area contributed by atoms with Crippen LogP contribution in [0.25, 0.3) is 0 Å². The number of nitrogens with one attached hydrogen (secondary N) is 1. The van der Waals surface area contributed by atoms with Gasteiger partial charge in [0, 0.05) is 18.9 Å². The summed E-state index contributed by atoms with van der Waals surface area (Å²) in [4.78, 5) is 0. The lowest BCUT2D eigenvalue weighted by Crippen LogP contribution is -2.33. The summed E-state index contributed by atoms with van der Waals surface area (Å²) in [5, 5.41) is 7.35. The minimum atomic E-state index is 0.405. The summed E-state index contributed by atoms with van der Waals surface area (Å²) in [6.45, 7) is 0.965. The highest BCUT2D eigenvalue weighted by atomic mass is 14.9. The highest BCUT2D eigenvalue weighted by Gasteiger charge is 2.12. The van der Waals surface area contributed by atoms with Crippen molar-refractivity contribution in [2.24, 2.45) is 0 Å². The van der Waals surface area contributed by atoms with E-state index in [1.54, 1.807) is 0 Å². The van der Waals surface area contributed by atoms with Crippen LogP contribution in [0.1, 0.15) is 0 Å². The number of hydrogen-bond donors (Lipinski definition) is 1. The third-order valence-corrected chi connectivity index (χ3v) is 1.71. The predicted octanol–water partition coefficient (Wildman–Crippen LogP) is 0.530. The van der Waals surface area contributed by atoms with Gasteiger partial charge in [0.15, 0.2) is 0 Å². The fourth-order valence-corrected chi connectivity index (χ4v) is 1.18. The second-order valence-corrected chi connectivity index (χ2v) is 2.41. The molecule has 2 aliphatic rings. The maximum atomic E-state index is 4.03. The fraction of sp³-hybridized carbons (Fsp3) is 0.250. The lowest BCUT2D eigenvalue weighted by atomic mass is 10.0. The molecule has 0 aromatic heterocycles. The molecule has 1 unspecified atom stereocenters. The number of hydrogen-bond acceptors (Lipinski definition) is 1. The molecule has 0 fully saturated rings. The van der Waals surface area contributed by atoms with Crippen molar-refractivity contribution in [2.75, 3.05) is 6.54 Å². The zero-order valence-corrected chi connectivity index (χ0v) is 5.62. The minimum Gasteiger partial charge on any atom is -0.303 e. The van der Waals surface area contributed by atoms with Gasteiger partial charge in [-0.2, -0.15) is 0 Å². The van der Waals surface area contributed by atoms with E-state index in [0.29, 0.717) is 6.04 Å². The van der Waals surface area contributed by atoms with Crippen molar-refractivity contribution >= 4 is 0 Å².